The summed E-state index contributed by atoms with van der Waals surface area (Å²) in [6.45, 7) is 0. The number of hydrogen-bond donors (Lipinski definition) is 1. The zero-order valence-corrected chi connectivity index (χ0v) is 9.88. The molecular weight excluding hydrogens is 212 g/mol. The normalized spacial score (nSPS) is 32.2. The number of benzene rings is 1. The van der Waals surface area contributed by atoms with Crippen molar-refractivity contribution in [2.75, 3.05) is 0 Å². The fourth-order valence-electron chi connectivity index (χ4n) is 3.02. The minimum absolute atomic E-state index is 0.0963. The molecule has 3 rings (SSSR count). The van der Waals surface area contributed by atoms with Crippen LogP contribution in [-0.4, -0.2) is 12.1 Å². The first-order valence-electron chi connectivity index (χ1n) is 6.39. The Labute approximate surface area is 102 Å². The monoisotopic (exact) mass is 230 g/mol. The average molecular weight is 230 g/mol. The lowest BCUT2D eigenvalue weighted by Crippen LogP contribution is -2.39. The molecule has 0 bridgehead atoms. The zero-order chi connectivity index (χ0) is 11.7. The van der Waals surface area contributed by atoms with Crippen LogP contribution in [0.2, 0.25) is 0 Å². The minimum atomic E-state index is 0.0963. The van der Waals surface area contributed by atoms with E-state index in [4.69, 9.17) is 10.5 Å². The van der Waals surface area contributed by atoms with Gasteiger partial charge in [0, 0.05) is 5.92 Å². The number of aliphatic imine (C=N–C) groups is 1. The molecule has 0 spiro atoms. The Balaban J connectivity index is 1.91. The molecule has 1 saturated carbocycles. The molecule has 1 aliphatic carbocycles. The topological polar surface area (TPSA) is 47.6 Å². The van der Waals surface area contributed by atoms with Gasteiger partial charge in [-0.25, -0.2) is 4.99 Å². The van der Waals surface area contributed by atoms with E-state index < -0.39 is 0 Å². The molecule has 3 atom stereocenters. The van der Waals surface area contributed by atoms with Gasteiger partial charge >= 0.3 is 0 Å². The Morgan fingerprint density at radius 2 is 1.88 bits per heavy atom. The van der Waals surface area contributed by atoms with Crippen LogP contribution >= 0.6 is 0 Å². The summed E-state index contributed by atoms with van der Waals surface area (Å²) in [5.74, 6) is 0.499. The van der Waals surface area contributed by atoms with E-state index in [-0.39, 0.29) is 6.10 Å². The highest BCUT2D eigenvalue weighted by Gasteiger charge is 2.37. The smallest absolute Gasteiger partial charge is 0.282 e. The molecule has 17 heavy (non-hydrogen) atoms. The van der Waals surface area contributed by atoms with Crippen molar-refractivity contribution in [3.8, 4) is 0 Å². The maximum Gasteiger partial charge on any atom is 0.282 e. The summed E-state index contributed by atoms with van der Waals surface area (Å²) >= 11 is 0. The molecule has 1 heterocycles. The molecule has 2 N–H and O–H groups in total. The summed E-state index contributed by atoms with van der Waals surface area (Å²) in [6.07, 6.45) is 4.99. The number of amidine groups is 1. The molecule has 3 heteroatoms. The fraction of sp³-hybridized carbons (Fsp3) is 0.500. The van der Waals surface area contributed by atoms with Crippen molar-refractivity contribution >= 4 is 6.02 Å². The van der Waals surface area contributed by atoms with E-state index >= 15 is 0 Å². The molecule has 90 valence electrons. The molecule has 0 amide bonds. The van der Waals surface area contributed by atoms with Gasteiger partial charge in [-0.3, -0.25) is 0 Å². The molecule has 1 aliphatic heterocycles. The third kappa shape index (κ3) is 2.02. The SMILES string of the molecule is NC1=N[C@H]2CCCC[C@H]2[C@@H](c2ccccc2)O1. The number of ether oxygens (including phenoxy) is 1. The van der Waals surface area contributed by atoms with Gasteiger partial charge in [-0.1, -0.05) is 43.2 Å². The van der Waals surface area contributed by atoms with Crippen molar-refractivity contribution in [3.05, 3.63) is 35.9 Å². The Morgan fingerprint density at radius 3 is 2.71 bits per heavy atom. The molecule has 1 aromatic rings. The van der Waals surface area contributed by atoms with Crippen LogP contribution in [0, 0.1) is 5.92 Å². The lowest BCUT2D eigenvalue weighted by Gasteiger charge is -2.38. The highest BCUT2D eigenvalue weighted by Crippen LogP contribution is 2.40. The van der Waals surface area contributed by atoms with E-state index in [1.165, 1.54) is 24.8 Å². The maximum absolute atomic E-state index is 5.80. The molecule has 1 aromatic carbocycles. The second kappa shape index (κ2) is 4.40. The minimum Gasteiger partial charge on any atom is -0.457 e. The first kappa shape index (κ1) is 10.6. The summed E-state index contributed by atoms with van der Waals surface area (Å²) in [6, 6.07) is 11.1. The van der Waals surface area contributed by atoms with Crippen molar-refractivity contribution in [2.45, 2.75) is 37.8 Å². The van der Waals surface area contributed by atoms with E-state index in [0.29, 0.717) is 18.0 Å². The lowest BCUT2D eigenvalue weighted by molar-refractivity contribution is 0.0608. The molecule has 0 saturated heterocycles. The quantitative estimate of drug-likeness (QED) is 0.806. The summed E-state index contributed by atoms with van der Waals surface area (Å²) in [7, 11) is 0. The van der Waals surface area contributed by atoms with Crippen LogP contribution in [-0.2, 0) is 4.74 Å². The molecule has 0 radical (unpaired) electrons. The van der Waals surface area contributed by atoms with E-state index in [1.807, 2.05) is 6.07 Å². The van der Waals surface area contributed by atoms with Gasteiger partial charge in [0.15, 0.2) is 0 Å². The van der Waals surface area contributed by atoms with Crippen LogP contribution in [0.25, 0.3) is 0 Å². The molecular formula is C14H18N2O. The van der Waals surface area contributed by atoms with Crippen molar-refractivity contribution in [1.29, 1.82) is 0 Å². The van der Waals surface area contributed by atoms with Crippen molar-refractivity contribution in [2.24, 2.45) is 16.6 Å². The van der Waals surface area contributed by atoms with Gasteiger partial charge in [0.25, 0.3) is 6.02 Å². The van der Waals surface area contributed by atoms with Crippen molar-refractivity contribution in [3.63, 3.8) is 0 Å². The van der Waals surface area contributed by atoms with Gasteiger partial charge in [0.2, 0.25) is 0 Å². The zero-order valence-electron chi connectivity index (χ0n) is 9.88. The van der Waals surface area contributed by atoms with E-state index in [2.05, 4.69) is 29.3 Å². The molecule has 2 aliphatic rings. The predicted octanol–water partition coefficient (Wildman–Crippen LogP) is 2.63. The van der Waals surface area contributed by atoms with Crippen molar-refractivity contribution in [1.82, 2.24) is 0 Å². The molecule has 0 unspecified atom stereocenters. The van der Waals surface area contributed by atoms with Crippen LogP contribution in [0.1, 0.15) is 37.4 Å². The highest BCUT2D eigenvalue weighted by atomic mass is 16.5. The highest BCUT2D eigenvalue weighted by molar-refractivity contribution is 5.72. The molecule has 1 fully saturated rings. The van der Waals surface area contributed by atoms with E-state index in [0.717, 1.165) is 6.42 Å². The Kier molecular flexibility index (Phi) is 2.75. The number of nitrogens with two attached hydrogens (primary N) is 1. The standard InChI is InChI=1S/C14H18N2O/c15-14-16-12-9-5-4-8-11(12)13(17-14)10-6-2-1-3-7-10/h1-3,6-7,11-13H,4-5,8-9H2,(H2,15,16)/t11-,12+,13-/m1/s1. The summed E-state index contributed by atoms with van der Waals surface area (Å²) < 4.78 is 5.77. The first-order valence-corrected chi connectivity index (χ1v) is 6.39. The fourth-order valence-corrected chi connectivity index (χ4v) is 3.02. The second-order valence-electron chi connectivity index (χ2n) is 4.93. The van der Waals surface area contributed by atoms with Crippen LogP contribution in [0.4, 0.5) is 0 Å². The van der Waals surface area contributed by atoms with E-state index in [1.54, 1.807) is 0 Å². The third-order valence-corrected chi connectivity index (χ3v) is 3.84. The summed E-state index contributed by atoms with van der Waals surface area (Å²) in [5, 5.41) is 0. The number of nitrogens with zero attached hydrogens (tertiary/aromatic N) is 1. The van der Waals surface area contributed by atoms with Gasteiger partial charge in [-0.15, -0.1) is 0 Å². The largest absolute Gasteiger partial charge is 0.457 e. The number of rotatable bonds is 1. The van der Waals surface area contributed by atoms with Gasteiger partial charge < -0.3 is 10.5 Å². The third-order valence-electron chi connectivity index (χ3n) is 3.84. The number of fused-ring (bicyclic) bond motifs is 1. The van der Waals surface area contributed by atoms with Gasteiger partial charge in [0.05, 0.1) is 6.04 Å². The predicted molar refractivity (Wildman–Crippen MR) is 67.6 cm³/mol. The van der Waals surface area contributed by atoms with Crippen LogP contribution in [0.15, 0.2) is 35.3 Å². The van der Waals surface area contributed by atoms with Crippen LogP contribution in [0.5, 0.6) is 0 Å². The Morgan fingerprint density at radius 1 is 1.12 bits per heavy atom. The van der Waals surface area contributed by atoms with Crippen LogP contribution < -0.4 is 5.73 Å². The lowest BCUT2D eigenvalue weighted by atomic mass is 9.78. The average Bonchev–Trinajstić information content (AvgIpc) is 2.39. The number of hydrogen-bond acceptors (Lipinski definition) is 3. The molecule has 3 nitrogen and oxygen atoms in total. The Hall–Kier alpha value is -1.51. The maximum atomic E-state index is 5.80. The van der Waals surface area contributed by atoms with Crippen LogP contribution in [0.3, 0.4) is 0 Å². The van der Waals surface area contributed by atoms with Gasteiger partial charge in [-0.2, -0.15) is 0 Å². The van der Waals surface area contributed by atoms with Crippen molar-refractivity contribution < 1.29 is 4.74 Å². The van der Waals surface area contributed by atoms with Gasteiger partial charge in [0.1, 0.15) is 6.10 Å². The first-order chi connectivity index (χ1) is 8.34. The Bertz CT molecular complexity index is 415. The van der Waals surface area contributed by atoms with Gasteiger partial charge in [-0.05, 0) is 18.4 Å². The summed E-state index contributed by atoms with van der Waals surface area (Å²) in [4.78, 5) is 4.45. The molecule has 0 aromatic heterocycles. The van der Waals surface area contributed by atoms with E-state index in [9.17, 15) is 0 Å². The second-order valence-corrected chi connectivity index (χ2v) is 4.93. The summed E-state index contributed by atoms with van der Waals surface area (Å²) in [5.41, 5.74) is 7.02.